The monoisotopic (exact) mass is 169 g/mol. The van der Waals surface area contributed by atoms with E-state index in [0.717, 1.165) is 30.2 Å². The average molecular weight is 169 g/mol. The second kappa shape index (κ2) is 4.27. The average Bonchev–Trinajstić information content (AvgIpc) is 2.03. The maximum atomic E-state index is 5.79. The lowest BCUT2D eigenvalue weighted by Crippen LogP contribution is -2.32. The number of rotatable bonds is 2. The SMILES string of the molecule is CC1CCC(C(C)C)C(CN)C1. The Morgan fingerprint density at radius 1 is 1.33 bits per heavy atom. The van der Waals surface area contributed by atoms with Gasteiger partial charge in [-0.05, 0) is 43.1 Å². The molecule has 0 spiro atoms. The third-order valence-electron chi connectivity index (χ3n) is 3.46. The fourth-order valence-corrected chi connectivity index (χ4v) is 2.67. The second-order valence-electron chi connectivity index (χ2n) is 4.82. The highest BCUT2D eigenvalue weighted by atomic mass is 14.6. The molecule has 1 saturated carbocycles. The number of hydrogen-bond donors (Lipinski definition) is 1. The summed E-state index contributed by atoms with van der Waals surface area (Å²) < 4.78 is 0. The van der Waals surface area contributed by atoms with Gasteiger partial charge in [0.1, 0.15) is 0 Å². The Bertz CT molecular complexity index is 131. The molecule has 0 aromatic heterocycles. The lowest BCUT2D eigenvalue weighted by atomic mass is 9.70. The summed E-state index contributed by atoms with van der Waals surface area (Å²) in [6, 6.07) is 0. The van der Waals surface area contributed by atoms with E-state index in [1.54, 1.807) is 0 Å². The molecule has 1 nitrogen and oxygen atoms in total. The zero-order valence-electron chi connectivity index (χ0n) is 8.72. The first kappa shape index (κ1) is 10.0. The molecule has 0 aromatic rings. The van der Waals surface area contributed by atoms with E-state index in [2.05, 4.69) is 20.8 Å². The van der Waals surface area contributed by atoms with Gasteiger partial charge in [-0.1, -0.05) is 27.2 Å². The normalized spacial score (nSPS) is 37.2. The van der Waals surface area contributed by atoms with Crippen molar-refractivity contribution in [3.8, 4) is 0 Å². The molecule has 3 unspecified atom stereocenters. The van der Waals surface area contributed by atoms with Gasteiger partial charge in [0.25, 0.3) is 0 Å². The van der Waals surface area contributed by atoms with Crippen molar-refractivity contribution < 1.29 is 0 Å². The summed E-state index contributed by atoms with van der Waals surface area (Å²) in [6.07, 6.45) is 4.18. The van der Waals surface area contributed by atoms with Crippen LogP contribution >= 0.6 is 0 Å². The van der Waals surface area contributed by atoms with Crippen LogP contribution in [0.25, 0.3) is 0 Å². The summed E-state index contributed by atoms with van der Waals surface area (Å²) in [7, 11) is 0. The van der Waals surface area contributed by atoms with Crippen molar-refractivity contribution >= 4 is 0 Å². The van der Waals surface area contributed by atoms with Crippen LogP contribution in [0.1, 0.15) is 40.0 Å². The summed E-state index contributed by atoms with van der Waals surface area (Å²) in [5, 5.41) is 0. The summed E-state index contributed by atoms with van der Waals surface area (Å²) in [5.41, 5.74) is 5.79. The smallest absolute Gasteiger partial charge is 0.00460 e. The van der Waals surface area contributed by atoms with Crippen molar-refractivity contribution in [3.63, 3.8) is 0 Å². The van der Waals surface area contributed by atoms with Crippen LogP contribution in [0.3, 0.4) is 0 Å². The highest BCUT2D eigenvalue weighted by Crippen LogP contribution is 2.37. The predicted octanol–water partition coefficient (Wildman–Crippen LogP) is 2.65. The molecule has 2 N–H and O–H groups in total. The Hall–Kier alpha value is -0.0400. The van der Waals surface area contributed by atoms with Gasteiger partial charge in [0.15, 0.2) is 0 Å². The molecular formula is C11H23N. The van der Waals surface area contributed by atoms with E-state index in [-0.39, 0.29) is 0 Å². The molecule has 72 valence electrons. The van der Waals surface area contributed by atoms with E-state index in [1.165, 1.54) is 19.3 Å². The Morgan fingerprint density at radius 3 is 2.50 bits per heavy atom. The van der Waals surface area contributed by atoms with Crippen LogP contribution < -0.4 is 5.73 Å². The lowest BCUT2D eigenvalue weighted by molar-refractivity contribution is 0.150. The van der Waals surface area contributed by atoms with Gasteiger partial charge >= 0.3 is 0 Å². The Labute approximate surface area is 76.7 Å². The van der Waals surface area contributed by atoms with Gasteiger partial charge in [0.05, 0.1) is 0 Å². The van der Waals surface area contributed by atoms with E-state index < -0.39 is 0 Å². The molecule has 0 amide bonds. The molecule has 1 rings (SSSR count). The van der Waals surface area contributed by atoms with Gasteiger partial charge in [0.2, 0.25) is 0 Å². The van der Waals surface area contributed by atoms with Crippen molar-refractivity contribution in [2.24, 2.45) is 29.4 Å². The second-order valence-corrected chi connectivity index (χ2v) is 4.82. The maximum Gasteiger partial charge on any atom is -0.00460 e. The molecule has 0 aliphatic heterocycles. The van der Waals surface area contributed by atoms with Crippen LogP contribution in [0.15, 0.2) is 0 Å². The van der Waals surface area contributed by atoms with Crippen LogP contribution in [0.4, 0.5) is 0 Å². The highest BCUT2D eigenvalue weighted by Gasteiger charge is 2.29. The van der Waals surface area contributed by atoms with Crippen LogP contribution in [0, 0.1) is 23.7 Å². The third kappa shape index (κ3) is 2.22. The van der Waals surface area contributed by atoms with E-state index in [0.29, 0.717) is 0 Å². The lowest BCUT2D eigenvalue weighted by Gasteiger charge is -2.36. The summed E-state index contributed by atoms with van der Waals surface area (Å²) in [4.78, 5) is 0. The minimum atomic E-state index is 0.800. The predicted molar refractivity (Wildman–Crippen MR) is 53.9 cm³/mol. The molecule has 1 aliphatic carbocycles. The van der Waals surface area contributed by atoms with Crippen LogP contribution in [0.5, 0.6) is 0 Å². The van der Waals surface area contributed by atoms with Crippen LogP contribution in [-0.4, -0.2) is 6.54 Å². The minimum Gasteiger partial charge on any atom is -0.330 e. The topological polar surface area (TPSA) is 26.0 Å². The molecule has 12 heavy (non-hydrogen) atoms. The first-order chi connectivity index (χ1) is 5.65. The van der Waals surface area contributed by atoms with Gasteiger partial charge in [-0.2, -0.15) is 0 Å². The van der Waals surface area contributed by atoms with Gasteiger partial charge in [-0.25, -0.2) is 0 Å². The quantitative estimate of drug-likeness (QED) is 0.675. The molecule has 1 fully saturated rings. The van der Waals surface area contributed by atoms with Gasteiger partial charge < -0.3 is 5.73 Å². The summed E-state index contributed by atoms with van der Waals surface area (Å²) in [6.45, 7) is 7.93. The van der Waals surface area contributed by atoms with Crippen molar-refractivity contribution in [2.75, 3.05) is 6.54 Å². The standard InChI is InChI=1S/C11H23N/c1-8(2)11-5-4-9(3)6-10(11)7-12/h8-11H,4-7,12H2,1-3H3. The molecule has 3 atom stereocenters. The van der Waals surface area contributed by atoms with Crippen molar-refractivity contribution in [1.82, 2.24) is 0 Å². The molecule has 0 aromatic carbocycles. The van der Waals surface area contributed by atoms with Gasteiger partial charge in [-0.3, -0.25) is 0 Å². The first-order valence-corrected chi connectivity index (χ1v) is 5.35. The summed E-state index contributed by atoms with van der Waals surface area (Å²) in [5.74, 6) is 3.43. The van der Waals surface area contributed by atoms with Crippen molar-refractivity contribution in [2.45, 2.75) is 40.0 Å². The molecule has 0 saturated heterocycles. The van der Waals surface area contributed by atoms with Crippen molar-refractivity contribution in [3.05, 3.63) is 0 Å². The Morgan fingerprint density at radius 2 is 2.00 bits per heavy atom. The third-order valence-corrected chi connectivity index (χ3v) is 3.46. The Balaban J connectivity index is 2.50. The van der Waals surface area contributed by atoms with E-state index in [4.69, 9.17) is 5.73 Å². The summed E-state index contributed by atoms with van der Waals surface area (Å²) >= 11 is 0. The molecule has 0 radical (unpaired) electrons. The number of hydrogen-bond acceptors (Lipinski definition) is 1. The molecule has 0 bridgehead atoms. The Kier molecular flexibility index (Phi) is 3.57. The maximum absolute atomic E-state index is 5.79. The minimum absolute atomic E-state index is 0.800. The molecule has 0 heterocycles. The number of nitrogens with two attached hydrogens (primary N) is 1. The molecule has 1 aliphatic rings. The molecular weight excluding hydrogens is 146 g/mol. The zero-order chi connectivity index (χ0) is 9.14. The van der Waals surface area contributed by atoms with Crippen LogP contribution in [0.2, 0.25) is 0 Å². The van der Waals surface area contributed by atoms with Gasteiger partial charge in [0, 0.05) is 0 Å². The van der Waals surface area contributed by atoms with E-state index in [1.807, 2.05) is 0 Å². The molecule has 1 heteroatoms. The van der Waals surface area contributed by atoms with Gasteiger partial charge in [-0.15, -0.1) is 0 Å². The van der Waals surface area contributed by atoms with Crippen LogP contribution in [-0.2, 0) is 0 Å². The fraction of sp³-hybridized carbons (Fsp3) is 1.00. The fourth-order valence-electron chi connectivity index (χ4n) is 2.67. The van der Waals surface area contributed by atoms with Crippen molar-refractivity contribution in [1.29, 1.82) is 0 Å². The highest BCUT2D eigenvalue weighted by molar-refractivity contribution is 4.80. The van der Waals surface area contributed by atoms with E-state index >= 15 is 0 Å². The first-order valence-electron chi connectivity index (χ1n) is 5.35. The largest absolute Gasteiger partial charge is 0.330 e. The zero-order valence-corrected chi connectivity index (χ0v) is 8.72. The van der Waals surface area contributed by atoms with E-state index in [9.17, 15) is 0 Å².